The largest absolute Gasteiger partial charge is 0.416 e. The molecular weight excluding hydrogens is 369 g/mol. The molecule has 0 unspecified atom stereocenters. The number of hydrogen-bond acceptors (Lipinski definition) is 3. The second-order valence-corrected chi connectivity index (χ2v) is 6.42. The van der Waals surface area contributed by atoms with Gasteiger partial charge in [-0.2, -0.15) is 13.2 Å². The summed E-state index contributed by atoms with van der Waals surface area (Å²) in [5, 5.41) is 4.36. The van der Waals surface area contributed by atoms with Gasteiger partial charge in [0.05, 0.1) is 12.1 Å². The lowest BCUT2D eigenvalue weighted by Crippen LogP contribution is -2.23. The molecule has 4 rings (SSSR count). The first-order chi connectivity index (χ1) is 13.3. The minimum absolute atomic E-state index is 0.257. The highest BCUT2D eigenvalue weighted by atomic mass is 19.4. The van der Waals surface area contributed by atoms with Crippen LogP contribution in [0.3, 0.4) is 0 Å². The summed E-state index contributed by atoms with van der Waals surface area (Å²) >= 11 is 0. The molecule has 0 saturated carbocycles. The van der Waals surface area contributed by atoms with Crippen molar-refractivity contribution in [2.24, 2.45) is 0 Å². The Kier molecular flexibility index (Phi) is 4.26. The average Bonchev–Trinajstić information content (AvgIpc) is 2.96. The van der Waals surface area contributed by atoms with Gasteiger partial charge in [0.1, 0.15) is 5.82 Å². The summed E-state index contributed by atoms with van der Waals surface area (Å²) in [5.41, 5.74) is 1.16. The normalized spacial score (nSPS) is 11.9. The summed E-state index contributed by atoms with van der Waals surface area (Å²) < 4.78 is 41.1. The first-order valence-electron chi connectivity index (χ1n) is 8.52. The maximum atomic E-state index is 12.9. The van der Waals surface area contributed by atoms with Crippen molar-refractivity contribution in [1.82, 2.24) is 19.2 Å². The van der Waals surface area contributed by atoms with Crippen LogP contribution in [0.2, 0.25) is 0 Å². The smallest absolute Gasteiger partial charge is 0.245 e. The number of fused-ring (bicyclic) bond motifs is 1. The number of alkyl halides is 3. The molecular formula is C20H15F3N4O. The van der Waals surface area contributed by atoms with Crippen molar-refractivity contribution in [3.8, 4) is 11.4 Å². The molecule has 2 aromatic heterocycles. The molecule has 0 aliphatic rings. The fourth-order valence-electron chi connectivity index (χ4n) is 3.01. The van der Waals surface area contributed by atoms with E-state index in [9.17, 15) is 18.0 Å². The van der Waals surface area contributed by atoms with Crippen LogP contribution in [0.15, 0.2) is 65.5 Å². The summed E-state index contributed by atoms with van der Waals surface area (Å²) in [7, 11) is 0. The Morgan fingerprint density at radius 1 is 1.00 bits per heavy atom. The van der Waals surface area contributed by atoms with Crippen molar-refractivity contribution >= 4 is 5.65 Å². The quantitative estimate of drug-likeness (QED) is 0.538. The molecule has 0 N–H and O–H groups in total. The first-order valence-corrected chi connectivity index (χ1v) is 8.52. The molecule has 28 heavy (non-hydrogen) atoms. The Balaban J connectivity index is 1.84. The highest BCUT2D eigenvalue weighted by Gasteiger charge is 2.30. The number of nitrogens with zero attached hydrogens (tertiary/aromatic N) is 4. The minimum Gasteiger partial charge on any atom is -0.245 e. The van der Waals surface area contributed by atoms with Crippen molar-refractivity contribution in [2.75, 3.05) is 0 Å². The molecule has 2 heterocycles. The van der Waals surface area contributed by atoms with E-state index in [0.29, 0.717) is 16.9 Å². The highest BCUT2D eigenvalue weighted by molar-refractivity contribution is 5.60. The molecule has 0 fully saturated rings. The SMILES string of the molecule is Cc1cc2nn(Cc3ccccc3)c(=O)n2c(-c2ccc(C(F)(F)F)cc2)n1. The van der Waals surface area contributed by atoms with E-state index in [1.807, 2.05) is 30.3 Å². The molecule has 0 saturated heterocycles. The summed E-state index contributed by atoms with van der Waals surface area (Å²) in [6, 6.07) is 15.6. The molecule has 2 aromatic carbocycles. The molecule has 8 heteroatoms. The Hall–Kier alpha value is -3.42. The third-order valence-corrected chi connectivity index (χ3v) is 4.34. The molecule has 5 nitrogen and oxygen atoms in total. The third-order valence-electron chi connectivity index (χ3n) is 4.34. The van der Waals surface area contributed by atoms with Gasteiger partial charge in [-0.15, -0.1) is 5.10 Å². The van der Waals surface area contributed by atoms with Crippen LogP contribution in [-0.2, 0) is 12.7 Å². The number of rotatable bonds is 3. The molecule has 142 valence electrons. The lowest BCUT2D eigenvalue weighted by molar-refractivity contribution is -0.137. The van der Waals surface area contributed by atoms with Crippen LogP contribution in [-0.4, -0.2) is 19.2 Å². The van der Waals surface area contributed by atoms with Gasteiger partial charge in [0.15, 0.2) is 5.65 Å². The molecule has 0 radical (unpaired) electrons. The number of aryl methyl sites for hydroxylation is 1. The van der Waals surface area contributed by atoms with Crippen molar-refractivity contribution in [1.29, 1.82) is 0 Å². The topological polar surface area (TPSA) is 52.2 Å². The van der Waals surface area contributed by atoms with Gasteiger partial charge in [0, 0.05) is 17.3 Å². The Morgan fingerprint density at radius 2 is 1.68 bits per heavy atom. The zero-order chi connectivity index (χ0) is 19.9. The lowest BCUT2D eigenvalue weighted by atomic mass is 10.1. The van der Waals surface area contributed by atoms with Crippen LogP contribution < -0.4 is 5.69 Å². The number of halogens is 3. The van der Waals surface area contributed by atoms with Crippen LogP contribution in [0, 0.1) is 6.92 Å². The predicted octanol–water partition coefficient (Wildman–Crippen LogP) is 3.93. The second-order valence-electron chi connectivity index (χ2n) is 6.42. The number of hydrogen-bond donors (Lipinski definition) is 0. The Morgan fingerprint density at radius 3 is 2.32 bits per heavy atom. The summed E-state index contributed by atoms with van der Waals surface area (Å²) in [6.07, 6.45) is -4.43. The predicted molar refractivity (Wildman–Crippen MR) is 98.0 cm³/mol. The van der Waals surface area contributed by atoms with Gasteiger partial charge in [0.2, 0.25) is 0 Å². The highest BCUT2D eigenvalue weighted by Crippen LogP contribution is 2.30. The monoisotopic (exact) mass is 384 g/mol. The van der Waals surface area contributed by atoms with Gasteiger partial charge in [-0.3, -0.25) is 0 Å². The van der Waals surface area contributed by atoms with Gasteiger partial charge in [-0.1, -0.05) is 42.5 Å². The summed E-state index contributed by atoms with van der Waals surface area (Å²) in [4.78, 5) is 17.3. The zero-order valence-electron chi connectivity index (χ0n) is 14.8. The lowest BCUT2D eigenvalue weighted by Gasteiger charge is -2.08. The standard InChI is InChI=1S/C20H15F3N4O/c1-13-11-17-25-26(12-14-5-3-2-4-6-14)19(28)27(17)18(24-13)15-7-9-16(10-8-15)20(21,22)23/h2-11H,12H2,1H3. The summed E-state index contributed by atoms with van der Waals surface area (Å²) in [6.45, 7) is 2.03. The van der Waals surface area contributed by atoms with Crippen molar-refractivity contribution in [3.05, 3.63) is 88.0 Å². The van der Waals surface area contributed by atoms with E-state index in [0.717, 1.165) is 17.7 Å². The molecule has 0 atom stereocenters. The van der Waals surface area contributed by atoms with E-state index in [1.54, 1.807) is 13.0 Å². The summed E-state index contributed by atoms with van der Waals surface area (Å²) in [5.74, 6) is 0.257. The maximum absolute atomic E-state index is 12.9. The number of aromatic nitrogens is 4. The fraction of sp³-hybridized carbons (Fsp3) is 0.150. The van der Waals surface area contributed by atoms with Crippen LogP contribution in [0.4, 0.5) is 13.2 Å². The maximum Gasteiger partial charge on any atom is 0.416 e. The van der Waals surface area contributed by atoms with E-state index in [1.165, 1.54) is 21.2 Å². The van der Waals surface area contributed by atoms with E-state index in [4.69, 9.17) is 0 Å². The van der Waals surface area contributed by atoms with E-state index >= 15 is 0 Å². The van der Waals surface area contributed by atoms with Crippen molar-refractivity contribution in [3.63, 3.8) is 0 Å². The van der Waals surface area contributed by atoms with Crippen molar-refractivity contribution < 1.29 is 13.2 Å². The third kappa shape index (κ3) is 3.28. The van der Waals surface area contributed by atoms with Gasteiger partial charge in [0.25, 0.3) is 0 Å². The first kappa shape index (κ1) is 18.0. The minimum atomic E-state index is -4.43. The second kappa shape index (κ2) is 6.63. The van der Waals surface area contributed by atoms with Crippen LogP contribution >= 0.6 is 0 Å². The molecule has 0 bridgehead atoms. The molecule has 0 aliphatic carbocycles. The van der Waals surface area contributed by atoms with Gasteiger partial charge >= 0.3 is 11.9 Å². The number of benzene rings is 2. The Bertz CT molecular complexity index is 1190. The zero-order valence-corrected chi connectivity index (χ0v) is 14.8. The van der Waals surface area contributed by atoms with Crippen LogP contribution in [0.1, 0.15) is 16.8 Å². The van der Waals surface area contributed by atoms with Gasteiger partial charge < -0.3 is 0 Å². The fourth-order valence-corrected chi connectivity index (χ4v) is 3.01. The van der Waals surface area contributed by atoms with Crippen LogP contribution in [0.25, 0.3) is 17.0 Å². The van der Waals surface area contributed by atoms with Crippen LogP contribution in [0.5, 0.6) is 0 Å². The van der Waals surface area contributed by atoms with E-state index < -0.39 is 17.4 Å². The molecule has 4 aromatic rings. The van der Waals surface area contributed by atoms with Gasteiger partial charge in [-0.25, -0.2) is 18.9 Å². The molecule has 0 spiro atoms. The average molecular weight is 384 g/mol. The Labute approximate surface area is 157 Å². The molecule has 0 amide bonds. The van der Waals surface area contributed by atoms with E-state index in [2.05, 4.69) is 10.1 Å². The van der Waals surface area contributed by atoms with Crippen molar-refractivity contribution in [2.45, 2.75) is 19.6 Å². The van der Waals surface area contributed by atoms with Gasteiger partial charge in [-0.05, 0) is 24.6 Å². The molecule has 0 aliphatic heterocycles. The van der Waals surface area contributed by atoms with E-state index in [-0.39, 0.29) is 12.4 Å².